The topological polar surface area (TPSA) is 77.1 Å². The Morgan fingerprint density at radius 2 is 1.72 bits per heavy atom. The highest BCUT2D eigenvalue weighted by Gasteiger charge is 2.43. The molecule has 0 radical (unpaired) electrons. The number of para-hydroxylation sites is 2. The summed E-state index contributed by atoms with van der Waals surface area (Å²) in [5.41, 5.74) is 3.57. The van der Waals surface area contributed by atoms with Crippen molar-refractivity contribution in [3.8, 4) is 17.2 Å². The van der Waals surface area contributed by atoms with E-state index in [-0.39, 0.29) is 17.1 Å². The molecule has 0 saturated heterocycles. The number of hydrogen-bond acceptors (Lipinski definition) is 6. The number of hydrogen-bond donors (Lipinski definition) is 1. The Kier molecular flexibility index (Phi) is 7.29. The lowest BCUT2D eigenvalue weighted by Crippen LogP contribution is -2.39. The third-order valence-corrected chi connectivity index (χ3v) is 6.92. The average molecular weight is 493 g/mol. The summed E-state index contributed by atoms with van der Waals surface area (Å²) in [5, 5.41) is 3.55. The van der Waals surface area contributed by atoms with Gasteiger partial charge in [-0.05, 0) is 48.1 Å². The summed E-state index contributed by atoms with van der Waals surface area (Å²) >= 11 is 0. The number of fused-ring (bicyclic) bond motifs is 1. The summed E-state index contributed by atoms with van der Waals surface area (Å²) in [7, 11) is 4.68. The number of benzene rings is 2. The molecular weight excluding hydrogens is 456 g/mol. The van der Waals surface area contributed by atoms with Crippen LogP contribution in [-0.4, -0.2) is 33.0 Å². The van der Waals surface area contributed by atoms with E-state index in [2.05, 4.69) is 26.1 Å². The molecule has 4 rings (SSSR count). The number of carbonyl (C=O) groups excluding carboxylic acids is 2. The van der Waals surface area contributed by atoms with Crippen molar-refractivity contribution in [1.29, 1.82) is 0 Å². The number of ether oxygens (including phenoxy) is 3. The van der Waals surface area contributed by atoms with E-state index >= 15 is 0 Å². The van der Waals surface area contributed by atoms with Gasteiger partial charge in [0, 0.05) is 24.1 Å². The quantitative estimate of drug-likeness (QED) is 0.507. The number of carbonyl (C=O) groups is 2. The van der Waals surface area contributed by atoms with Crippen molar-refractivity contribution in [3.63, 3.8) is 0 Å². The van der Waals surface area contributed by atoms with Crippen molar-refractivity contribution in [1.82, 2.24) is 0 Å². The van der Waals surface area contributed by atoms with Crippen molar-refractivity contribution < 1.29 is 23.8 Å². The number of Topliss-reactive ketones (excluding diaryl/α,β-unsaturated/α-hetero) is 1. The van der Waals surface area contributed by atoms with Crippen LogP contribution < -0.4 is 24.4 Å². The molecule has 0 fully saturated rings. The van der Waals surface area contributed by atoms with E-state index in [0.29, 0.717) is 42.1 Å². The number of nitrogens with one attached hydrogen (secondary N) is 1. The SMILES string of the molecule is CCCCC(=O)N1c2ccccc2NC2=C(C(=O)CC(C)(C)C2)[C@H]1c1cc(OC)c(OC)c(OC)c1. The van der Waals surface area contributed by atoms with Gasteiger partial charge in [-0.25, -0.2) is 0 Å². The van der Waals surface area contributed by atoms with Crippen LogP contribution in [0.2, 0.25) is 0 Å². The van der Waals surface area contributed by atoms with Crippen LogP contribution in [0.4, 0.5) is 11.4 Å². The highest BCUT2D eigenvalue weighted by molar-refractivity contribution is 6.06. The maximum Gasteiger partial charge on any atom is 0.227 e. The predicted molar refractivity (Wildman–Crippen MR) is 141 cm³/mol. The summed E-state index contributed by atoms with van der Waals surface area (Å²) in [6.45, 7) is 6.27. The summed E-state index contributed by atoms with van der Waals surface area (Å²) < 4.78 is 16.8. The molecule has 192 valence electrons. The molecule has 7 nitrogen and oxygen atoms in total. The van der Waals surface area contributed by atoms with E-state index in [9.17, 15) is 9.59 Å². The van der Waals surface area contributed by atoms with Gasteiger partial charge >= 0.3 is 0 Å². The van der Waals surface area contributed by atoms with Crippen molar-refractivity contribution in [2.75, 3.05) is 31.5 Å². The Morgan fingerprint density at radius 1 is 1.06 bits per heavy atom. The van der Waals surface area contributed by atoms with Crippen molar-refractivity contribution in [2.24, 2.45) is 5.41 Å². The van der Waals surface area contributed by atoms with Gasteiger partial charge in [-0.2, -0.15) is 0 Å². The van der Waals surface area contributed by atoms with Crippen molar-refractivity contribution >= 4 is 23.1 Å². The number of nitrogens with zero attached hydrogens (tertiary/aromatic N) is 1. The zero-order chi connectivity index (χ0) is 26.0. The monoisotopic (exact) mass is 492 g/mol. The highest BCUT2D eigenvalue weighted by atomic mass is 16.5. The Balaban J connectivity index is 2.03. The molecule has 0 unspecified atom stereocenters. The first-order valence-corrected chi connectivity index (χ1v) is 12.5. The number of unbranched alkanes of at least 4 members (excludes halogenated alkanes) is 1. The molecular formula is C29H36N2O5. The molecule has 1 aliphatic carbocycles. The molecule has 0 aromatic heterocycles. The van der Waals surface area contributed by atoms with E-state index in [0.717, 1.165) is 35.5 Å². The molecule has 36 heavy (non-hydrogen) atoms. The number of ketones is 1. The molecule has 1 N–H and O–H groups in total. The van der Waals surface area contributed by atoms with Crippen LogP contribution in [0.15, 0.2) is 47.7 Å². The molecule has 2 aliphatic rings. The number of allylic oxidation sites excluding steroid dienone is 1. The van der Waals surface area contributed by atoms with Gasteiger partial charge in [-0.1, -0.05) is 39.3 Å². The van der Waals surface area contributed by atoms with Gasteiger partial charge in [0.2, 0.25) is 11.7 Å². The Bertz CT molecular complexity index is 1170. The maximum atomic E-state index is 13.9. The number of amides is 1. The second kappa shape index (κ2) is 10.2. The fraction of sp³-hybridized carbons (Fsp3) is 0.448. The largest absolute Gasteiger partial charge is 0.493 e. The van der Waals surface area contributed by atoms with Gasteiger partial charge in [0.25, 0.3) is 0 Å². The Hall–Kier alpha value is -3.48. The van der Waals surface area contributed by atoms with Crippen molar-refractivity contribution in [2.45, 2.75) is 58.9 Å². The summed E-state index contributed by atoms with van der Waals surface area (Å²) in [6.07, 6.45) is 3.14. The van der Waals surface area contributed by atoms with Crippen LogP contribution in [0, 0.1) is 5.41 Å². The molecule has 1 aliphatic heterocycles. The van der Waals surface area contributed by atoms with Crippen LogP contribution in [0.3, 0.4) is 0 Å². The van der Waals surface area contributed by atoms with E-state index in [1.807, 2.05) is 36.4 Å². The van der Waals surface area contributed by atoms with E-state index in [1.54, 1.807) is 26.2 Å². The van der Waals surface area contributed by atoms with Gasteiger partial charge in [0.1, 0.15) is 0 Å². The first-order valence-electron chi connectivity index (χ1n) is 12.5. The normalized spacial score (nSPS) is 18.6. The van der Waals surface area contributed by atoms with Crippen LogP contribution in [0.5, 0.6) is 17.2 Å². The van der Waals surface area contributed by atoms with E-state index < -0.39 is 6.04 Å². The minimum Gasteiger partial charge on any atom is -0.493 e. The van der Waals surface area contributed by atoms with E-state index in [4.69, 9.17) is 14.2 Å². The van der Waals surface area contributed by atoms with Gasteiger partial charge < -0.3 is 19.5 Å². The summed E-state index contributed by atoms with van der Waals surface area (Å²) in [5.74, 6) is 1.42. The maximum absolute atomic E-state index is 13.9. The van der Waals surface area contributed by atoms with Crippen molar-refractivity contribution in [3.05, 3.63) is 53.2 Å². The standard InChI is InChI=1S/C29H36N2O5/c1-7-8-13-25(33)31-21-12-10-9-11-19(21)30-20-16-29(2,3)17-22(32)26(20)27(31)18-14-23(34-4)28(36-6)24(15-18)35-5/h9-12,14-15,27,30H,7-8,13,16-17H2,1-6H3/t27-/m1/s1. The minimum absolute atomic E-state index is 0.0313. The van der Waals surface area contributed by atoms with Gasteiger partial charge in [-0.3, -0.25) is 14.5 Å². The van der Waals surface area contributed by atoms with Crippen LogP contribution in [0.25, 0.3) is 0 Å². The highest BCUT2D eigenvalue weighted by Crippen LogP contribution is 2.50. The van der Waals surface area contributed by atoms with Gasteiger partial charge in [0.15, 0.2) is 17.3 Å². The molecule has 0 bridgehead atoms. The fourth-order valence-electron chi connectivity index (χ4n) is 5.29. The number of anilines is 2. The minimum atomic E-state index is -0.641. The molecule has 1 atom stereocenters. The lowest BCUT2D eigenvalue weighted by atomic mass is 9.73. The lowest BCUT2D eigenvalue weighted by molar-refractivity contribution is -0.119. The molecule has 7 heteroatoms. The number of methoxy groups -OCH3 is 3. The van der Waals surface area contributed by atoms with Crippen LogP contribution in [0.1, 0.15) is 64.5 Å². The summed E-state index contributed by atoms with van der Waals surface area (Å²) in [6, 6.07) is 10.8. The van der Waals surface area contributed by atoms with Crippen LogP contribution >= 0.6 is 0 Å². The molecule has 1 amide bonds. The molecule has 0 saturated carbocycles. The zero-order valence-corrected chi connectivity index (χ0v) is 22.1. The molecule has 1 heterocycles. The zero-order valence-electron chi connectivity index (χ0n) is 22.1. The second-order valence-electron chi connectivity index (χ2n) is 10.2. The third kappa shape index (κ3) is 4.66. The summed E-state index contributed by atoms with van der Waals surface area (Å²) in [4.78, 5) is 29.5. The second-order valence-corrected chi connectivity index (χ2v) is 10.2. The first kappa shape index (κ1) is 25.6. The van der Waals surface area contributed by atoms with E-state index in [1.165, 1.54) is 0 Å². The lowest BCUT2D eigenvalue weighted by Gasteiger charge is -2.37. The molecule has 0 spiro atoms. The number of rotatable bonds is 7. The average Bonchev–Trinajstić information content (AvgIpc) is 2.99. The fourth-order valence-corrected chi connectivity index (χ4v) is 5.29. The van der Waals surface area contributed by atoms with Crippen LogP contribution in [-0.2, 0) is 9.59 Å². The molecule has 2 aromatic carbocycles. The Labute approximate surface area is 213 Å². The predicted octanol–water partition coefficient (Wildman–Crippen LogP) is 6.05. The smallest absolute Gasteiger partial charge is 0.227 e. The third-order valence-electron chi connectivity index (χ3n) is 6.92. The Morgan fingerprint density at radius 3 is 2.33 bits per heavy atom. The van der Waals surface area contributed by atoms with Gasteiger partial charge in [0.05, 0.1) is 38.7 Å². The molecule has 2 aromatic rings. The van der Waals surface area contributed by atoms with Gasteiger partial charge in [-0.15, -0.1) is 0 Å². The first-order chi connectivity index (χ1) is 17.2.